The number of aromatic nitrogens is 2. The third-order valence-corrected chi connectivity index (χ3v) is 6.62. The van der Waals surface area contributed by atoms with Crippen LogP contribution in [0.15, 0.2) is 41.4 Å². The summed E-state index contributed by atoms with van der Waals surface area (Å²) >= 11 is 0. The average Bonchev–Trinajstić information content (AvgIpc) is 2.91. The molecule has 9 heteroatoms. The zero-order chi connectivity index (χ0) is 23.1. The molecule has 7 nitrogen and oxygen atoms in total. The van der Waals surface area contributed by atoms with E-state index in [9.17, 15) is 17.6 Å². The second-order valence-electron chi connectivity index (χ2n) is 8.51. The lowest BCUT2D eigenvalue weighted by Crippen LogP contribution is -2.27. The molecular weight excluding hydrogens is 421 g/mol. The Hall–Kier alpha value is -2.78. The van der Waals surface area contributed by atoms with Crippen LogP contribution < -0.4 is 0 Å². The summed E-state index contributed by atoms with van der Waals surface area (Å²) in [6.07, 6.45) is 0.886. The lowest BCUT2D eigenvalue weighted by Gasteiger charge is -2.20. The Kier molecular flexibility index (Phi) is 5.94. The highest BCUT2D eigenvalue weighted by atomic mass is 32.2. The summed E-state index contributed by atoms with van der Waals surface area (Å²) in [4.78, 5) is 17.2. The molecule has 3 aromatic rings. The summed E-state index contributed by atoms with van der Waals surface area (Å²) in [5.74, 6) is -0.556. The summed E-state index contributed by atoms with van der Waals surface area (Å²) in [5.41, 5.74) is 2.27. The molecule has 2 heterocycles. The Bertz CT molecular complexity index is 1240. The van der Waals surface area contributed by atoms with Crippen molar-refractivity contribution in [3.8, 4) is 0 Å². The van der Waals surface area contributed by atoms with Crippen LogP contribution in [0.5, 0.6) is 0 Å². The monoisotopic (exact) mass is 447 g/mol. The molecule has 0 saturated heterocycles. The van der Waals surface area contributed by atoms with Crippen LogP contribution in [0.4, 0.5) is 9.18 Å². The smallest absolute Gasteiger partial charge is 0.419 e. The van der Waals surface area contributed by atoms with Crippen LogP contribution >= 0.6 is 0 Å². The lowest BCUT2D eigenvalue weighted by molar-refractivity contribution is 0.0541. The minimum atomic E-state index is -3.52. The number of nitrogens with zero attached hydrogens (tertiary/aromatic N) is 3. The van der Waals surface area contributed by atoms with Crippen molar-refractivity contribution in [1.82, 2.24) is 13.9 Å². The highest BCUT2D eigenvalue weighted by molar-refractivity contribution is 7.89. The molecule has 1 aromatic carbocycles. The predicted molar refractivity (Wildman–Crippen MR) is 116 cm³/mol. The van der Waals surface area contributed by atoms with Gasteiger partial charge in [0.15, 0.2) is 0 Å². The van der Waals surface area contributed by atoms with Crippen LogP contribution in [-0.4, -0.2) is 48.1 Å². The van der Waals surface area contributed by atoms with Crippen LogP contribution in [0.25, 0.3) is 11.0 Å². The maximum atomic E-state index is 13.9. The third-order valence-electron chi connectivity index (χ3n) is 4.79. The lowest BCUT2D eigenvalue weighted by atomic mass is 10.0. The third kappa shape index (κ3) is 4.62. The number of rotatable bonds is 4. The number of pyridine rings is 1. The van der Waals surface area contributed by atoms with E-state index in [4.69, 9.17) is 4.74 Å². The SMILES string of the molecule is Cc1c(Cc2ccc(S(=O)(=O)N(C)C)cc2)c2ncc(F)cc2n1C(=O)OC(C)(C)C. The number of sulfonamides is 1. The number of hydrogen-bond donors (Lipinski definition) is 0. The number of benzene rings is 1. The van der Waals surface area contributed by atoms with E-state index >= 15 is 0 Å². The first kappa shape index (κ1) is 22.9. The second-order valence-corrected chi connectivity index (χ2v) is 10.7. The molecule has 0 aliphatic carbocycles. The summed E-state index contributed by atoms with van der Waals surface area (Å²) in [5, 5.41) is 0. The van der Waals surface area contributed by atoms with E-state index < -0.39 is 27.5 Å². The first-order valence-electron chi connectivity index (χ1n) is 9.71. The molecule has 166 valence electrons. The summed E-state index contributed by atoms with van der Waals surface area (Å²) in [7, 11) is -0.574. The van der Waals surface area contributed by atoms with E-state index in [1.807, 2.05) is 0 Å². The fourth-order valence-corrected chi connectivity index (χ4v) is 4.17. The van der Waals surface area contributed by atoms with Gasteiger partial charge in [0.05, 0.1) is 22.1 Å². The van der Waals surface area contributed by atoms with E-state index in [1.165, 1.54) is 24.7 Å². The molecule has 0 fully saturated rings. The van der Waals surface area contributed by atoms with Crippen molar-refractivity contribution in [2.45, 2.75) is 44.6 Å². The molecule has 0 spiro atoms. The van der Waals surface area contributed by atoms with Gasteiger partial charge in [-0.05, 0) is 45.4 Å². The molecule has 0 amide bonds. The zero-order valence-corrected chi connectivity index (χ0v) is 19.2. The standard InChI is InChI=1S/C22H26FN3O4S/c1-14-18(11-15-7-9-17(10-8-15)31(28,29)25(5)6)20-19(12-16(23)13-24-20)26(14)21(27)30-22(2,3)4/h7-10,12-13H,11H2,1-6H3. The maximum Gasteiger partial charge on any atom is 0.419 e. The number of hydrogen-bond acceptors (Lipinski definition) is 5. The van der Waals surface area contributed by atoms with Crippen LogP contribution in [0.3, 0.4) is 0 Å². The van der Waals surface area contributed by atoms with Gasteiger partial charge in [0.25, 0.3) is 0 Å². The molecule has 0 radical (unpaired) electrons. The van der Waals surface area contributed by atoms with Gasteiger partial charge in [0.2, 0.25) is 10.0 Å². The van der Waals surface area contributed by atoms with Gasteiger partial charge < -0.3 is 4.74 Å². The zero-order valence-electron chi connectivity index (χ0n) is 18.4. The Labute approximate surface area is 181 Å². The van der Waals surface area contributed by atoms with Crippen molar-refractivity contribution in [1.29, 1.82) is 0 Å². The van der Waals surface area contributed by atoms with Gasteiger partial charge in [0.1, 0.15) is 11.4 Å². The van der Waals surface area contributed by atoms with Crippen molar-refractivity contribution in [3.05, 3.63) is 59.2 Å². The van der Waals surface area contributed by atoms with Crippen molar-refractivity contribution in [2.75, 3.05) is 14.1 Å². The van der Waals surface area contributed by atoms with Gasteiger partial charge in [0, 0.05) is 37.8 Å². The number of fused-ring (bicyclic) bond motifs is 1. The summed E-state index contributed by atoms with van der Waals surface area (Å²) in [6, 6.07) is 7.78. The molecule has 0 saturated carbocycles. The molecule has 31 heavy (non-hydrogen) atoms. The first-order valence-corrected chi connectivity index (χ1v) is 11.2. The highest BCUT2D eigenvalue weighted by Gasteiger charge is 2.25. The number of carbonyl (C=O) groups is 1. The molecule has 0 N–H and O–H groups in total. The van der Waals surface area contributed by atoms with Crippen LogP contribution in [0.1, 0.15) is 37.6 Å². The predicted octanol–water partition coefficient (Wildman–Crippen LogP) is 4.11. The maximum absolute atomic E-state index is 13.9. The topological polar surface area (TPSA) is 81.5 Å². The summed E-state index contributed by atoms with van der Waals surface area (Å²) in [6.45, 7) is 7.03. The highest BCUT2D eigenvalue weighted by Crippen LogP contribution is 2.28. The Morgan fingerprint density at radius 3 is 2.35 bits per heavy atom. The van der Waals surface area contributed by atoms with Crippen molar-refractivity contribution >= 4 is 27.1 Å². The quantitative estimate of drug-likeness (QED) is 0.601. The van der Waals surface area contributed by atoms with Gasteiger partial charge in [-0.3, -0.25) is 4.98 Å². The number of carbonyl (C=O) groups excluding carboxylic acids is 1. The van der Waals surface area contributed by atoms with Gasteiger partial charge in [-0.25, -0.2) is 26.5 Å². The van der Waals surface area contributed by atoms with E-state index in [-0.39, 0.29) is 4.90 Å². The van der Waals surface area contributed by atoms with E-state index in [0.717, 1.165) is 21.6 Å². The van der Waals surface area contributed by atoms with Gasteiger partial charge in [-0.15, -0.1) is 0 Å². The summed E-state index contributed by atoms with van der Waals surface area (Å²) < 4.78 is 46.5. The van der Waals surface area contributed by atoms with Crippen LogP contribution in [-0.2, 0) is 21.2 Å². The fourth-order valence-electron chi connectivity index (χ4n) is 3.27. The van der Waals surface area contributed by atoms with E-state index in [0.29, 0.717) is 23.1 Å². The fraction of sp³-hybridized carbons (Fsp3) is 0.364. The van der Waals surface area contributed by atoms with Crippen molar-refractivity contribution in [3.63, 3.8) is 0 Å². The van der Waals surface area contributed by atoms with E-state index in [2.05, 4.69) is 4.98 Å². The minimum Gasteiger partial charge on any atom is -0.443 e. The van der Waals surface area contributed by atoms with Crippen molar-refractivity contribution in [2.24, 2.45) is 0 Å². The molecule has 0 aliphatic rings. The largest absolute Gasteiger partial charge is 0.443 e. The average molecular weight is 448 g/mol. The first-order chi connectivity index (χ1) is 14.3. The molecule has 0 aliphatic heterocycles. The molecule has 0 atom stereocenters. The van der Waals surface area contributed by atoms with Crippen molar-refractivity contribution < 1.29 is 22.3 Å². The van der Waals surface area contributed by atoms with Crippen LogP contribution in [0, 0.1) is 12.7 Å². The molecule has 2 aromatic heterocycles. The van der Waals surface area contributed by atoms with Gasteiger partial charge >= 0.3 is 6.09 Å². The molecule has 3 rings (SSSR count). The number of halogens is 1. The minimum absolute atomic E-state index is 0.189. The van der Waals surface area contributed by atoms with Gasteiger partial charge in [-0.1, -0.05) is 12.1 Å². The second kappa shape index (κ2) is 8.05. The van der Waals surface area contributed by atoms with Gasteiger partial charge in [-0.2, -0.15) is 0 Å². The molecule has 0 bridgehead atoms. The Balaban J connectivity index is 2.05. The molecular formula is C22H26FN3O4S. The normalized spacial score (nSPS) is 12.5. The number of ether oxygens (including phenoxy) is 1. The molecule has 0 unspecified atom stereocenters. The van der Waals surface area contributed by atoms with Crippen LogP contribution in [0.2, 0.25) is 0 Å². The Morgan fingerprint density at radius 1 is 1.19 bits per heavy atom. The van der Waals surface area contributed by atoms with E-state index in [1.54, 1.807) is 52.0 Å². The Morgan fingerprint density at radius 2 is 1.81 bits per heavy atom.